The monoisotopic (exact) mass is 482 g/mol. The summed E-state index contributed by atoms with van der Waals surface area (Å²) in [6, 6.07) is 24.9. The molecule has 3 aromatic carbocycles. The molecule has 3 N–H and O–H groups in total. The molecule has 0 saturated heterocycles. The zero-order chi connectivity index (χ0) is 25.7. The summed E-state index contributed by atoms with van der Waals surface area (Å²) in [5.41, 5.74) is 3.17. The van der Waals surface area contributed by atoms with E-state index in [0.29, 0.717) is 16.8 Å². The summed E-state index contributed by atoms with van der Waals surface area (Å²) < 4.78 is 1.39. The number of aromatic carboxylic acids is 1. The van der Waals surface area contributed by atoms with E-state index in [-0.39, 0.29) is 17.5 Å². The number of nitrogens with zero attached hydrogens (tertiary/aromatic N) is 1. The molecule has 4 aromatic rings. The summed E-state index contributed by atoms with van der Waals surface area (Å²) in [6.45, 7) is 1.67. The molecule has 1 heterocycles. The first-order chi connectivity index (χ1) is 17.3. The number of aliphatic hydroxyl groups excluding tert-OH is 1. The minimum atomic E-state index is -1.06. The molecule has 0 bridgehead atoms. The van der Waals surface area contributed by atoms with Crippen LogP contribution >= 0.6 is 0 Å². The summed E-state index contributed by atoms with van der Waals surface area (Å²) in [4.78, 5) is 37.7. The van der Waals surface area contributed by atoms with Gasteiger partial charge in [-0.15, -0.1) is 0 Å². The van der Waals surface area contributed by atoms with E-state index in [1.807, 2.05) is 54.6 Å². The number of benzene rings is 3. The van der Waals surface area contributed by atoms with Crippen LogP contribution in [0.15, 0.2) is 102 Å². The van der Waals surface area contributed by atoms with Gasteiger partial charge in [0.15, 0.2) is 0 Å². The maximum Gasteiger partial charge on any atom is 0.335 e. The molecule has 0 radical (unpaired) electrons. The van der Waals surface area contributed by atoms with E-state index in [1.165, 1.54) is 34.9 Å². The fraction of sp³-hybridized carbons (Fsp3) is 0.138. The standard InChI is InChI=1S/C29H26N2O5/c1-19(32)24-9-5-6-10-25(24)22-15-16-31(27(33)18-22)26(17-20-7-3-2-4-8-20)28(34)30-23-13-11-21(12-14-23)29(35)36/h2-16,18-19,26,32H,17H2,1H3,(H,30,34)(H,35,36). The van der Waals surface area contributed by atoms with E-state index >= 15 is 0 Å². The van der Waals surface area contributed by atoms with Crippen molar-refractivity contribution in [2.24, 2.45) is 0 Å². The highest BCUT2D eigenvalue weighted by molar-refractivity contribution is 5.95. The Kier molecular flexibility index (Phi) is 7.42. The molecule has 2 atom stereocenters. The van der Waals surface area contributed by atoms with Crippen LogP contribution in [0.5, 0.6) is 0 Å². The second-order valence-corrected chi connectivity index (χ2v) is 8.50. The Balaban J connectivity index is 1.68. The molecule has 0 aliphatic heterocycles. The van der Waals surface area contributed by atoms with Gasteiger partial charge in [-0.05, 0) is 59.5 Å². The summed E-state index contributed by atoms with van der Waals surface area (Å²) in [7, 11) is 0. The van der Waals surface area contributed by atoms with Crippen molar-refractivity contribution in [3.63, 3.8) is 0 Å². The number of pyridine rings is 1. The molecule has 0 aliphatic rings. The van der Waals surface area contributed by atoms with Gasteiger partial charge in [0.05, 0.1) is 11.7 Å². The Morgan fingerprint density at radius 1 is 0.917 bits per heavy atom. The second kappa shape index (κ2) is 10.8. The summed E-state index contributed by atoms with van der Waals surface area (Å²) >= 11 is 0. The molecule has 7 nitrogen and oxygen atoms in total. The van der Waals surface area contributed by atoms with Gasteiger partial charge in [-0.2, -0.15) is 0 Å². The van der Waals surface area contributed by atoms with E-state index in [0.717, 1.165) is 11.1 Å². The number of aliphatic hydroxyl groups is 1. The Hall–Kier alpha value is -4.49. The smallest absolute Gasteiger partial charge is 0.335 e. The number of carbonyl (C=O) groups is 2. The van der Waals surface area contributed by atoms with Crippen molar-refractivity contribution in [1.82, 2.24) is 4.57 Å². The number of amides is 1. The SMILES string of the molecule is CC(O)c1ccccc1-c1ccn(C(Cc2ccccc2)C(=O)Nc2ccc(C(=O)O)cc2)c(=O)c1. The largest absolute Gasteiger partial charge is 0.478 e. The quantitative estimate of drug-likeness (QED) is 0.338. The number of carboxylic acids is 1. The van der Waals surface area contributed by atoms with Crippen molar-refractivity contribution in [2.75, 3.05) is 5.32 Å². The van der Waals surface area contributed by atoms with E-state index in [4.69, 9.17) is 5.11 Å². The number of rotatable bonds is 8. The lowest BCUT2D eigenvalue weighted by Crippen LogP contribution is -2.34. The number of anilines is 1. The van der Waals surface area contributed by atoms with Crippen LogP contribution in [0.2, 0.25) is 0 Å². The van der Waals surface area contributed by atoms with Crippen LogP contribution in [0.25, 0.3) is 11.1 Å². The van der Waals surface area contributed by atoms with Crippen molar-refractivity contribution in [1.29, 1.82) is 0 Å². The van der Waals surface area contributed by atoms with Crippen molar-refractivity contribution >= 4 is 17.6 Å². The highest BCUT2D eigenvalue weighted by Gasteiger charge is 2.23. The highest BCUT2D eigenvalue weighted by atomic mass is 16.4. The van der Waals surface area contributed by atoms with Crippen molar-refractivity contribution in [3.8, 4) is 11.1 Å². The van der Waals surface area contributed by atoms with Gasteiger partial charge in [-0.25, -0.2) is 4.79 Å². The van der Waals surface area contributed by atoms with Gasteiger partial charge in [-0.1, -0.05) is 54.6 Å². The van der Waals surface area contributed by atoms with Crippen molar-refractivity contribution < 1.29 is 19.8 Å². The molecule has 1 aromatic heterocycles. The zero-order valence-electron chi connectivity index (χ0n) is 19.7. The van der Waals surface area contributed by atoms with Gasteiger partial charge in [0, 0.05) is 24.4 Å². The first-order valence-electron chi connectivity index (χ1n) is 11.5. The molecule has 182 valence electrons. The maximum absolute atomic E-state index is 13.4. The summed E-state index contributed by atoms with van der Waals surface area (Å²) in [5, 5.41) is 22.0. The predicted molar refractivity (Wildman–Crippen MR) is 138 cm³/mol. The van der Waals surface area contributed by atoms with Crippen LogP contribution in [-0.4, -0.2) is 26.7 Å². The normalized spacial score (nSPS) is 12.5. The minimum Gasteiger partial charge on any atom is -0.478 e. The van der Waals surface area contributed by atoms with E-state index < -0.39 is 24.0 Å². The van der Waals surface area contributed by atoms with Crippen LogP contribution < -0.4 is 10.9 Å². The van der Waals surface area contributed by atoms with Gasteiger partial charge in [0.25, 0.3) is 5.56 Å². The number of aromatic nitrogens is 1. The van der Waals surface area contributed by atoms with E-state index in [1.54, 1.807) is 19.2 Å². The van der Waals surface area contributed by atoms with Crippen molar-refractivity contribution in [3.05, 3.63) is 124 Å². The first kappa shape index (κ1) is 24.6. The average Bonchev–Trinajstić information content (AvgIpc) is 2.88. The molecule has 4 rings (SSSR count). The topological polar surface area (TPSA) is 109 Å². The molecule has 2 unspecified atom stereocenters. The fourth-order valence-electron chi connectivity index (χ4n) is 4.12. The molecule has 7 heteroatoms. The summed E-state index contributed by atoms with van der Waals surface area (Å²) in [5.74, 6) is -1.46. The Labute approximate surface area is 208 Å². The third-order valence-corrected chi connectivity index (χ3v) is 5.98. The van der Waals surface area contributed by atoms with E-state index in [9.17, 15) is 19.5 Å². The molecule has 1 amide bonds. The van der Waals surface area contributed by atoms with Gasteiger partial charge in [-0.3, -0.25) is 9.59 Å². The van der Waals surface area contributed by atoms with Crippen LogP contribution in [0.4, 0.5) is 5.69 Å². The van der Waals surface area contributed by atoms with Gasteiger partial charge in [0.2, 0.25) is 5.91 Å². The van der Waals surface area contributed by atoms with Gasteiger partial charge < -0.3 is 20.1 Å². The molecule has 0 spiro atoms. The Bertz CT molecular complexity index is 1430. The molecule has 0 fully saturated rings. The lowest BCUT2D eigenvalue weighted by Gasteiger charge is -2.21. The third-order valence-electron chi connectivity index (χ3n) is 5.98. The first-order valence-corrected chi connectivity index (χ1v) is 11.5. The summed E-state index contributed by atoms with van der Waals surface area (Å²) in [6.07, 6.45) is 1.17. The minimum absolute atomic E-state index is 0.109. The number of carboxylic acid groups (broad SMARTS) is 1. The number of nitrogens with one attached hydrogen (secondary N) is 1. The predicted octanol–water partition coefficient (Wildman–Crippen LogP) is 4.69. The van der Waals surface area contributed by atoms with Gasteiger partial charge in [0.1, 0.15) is 6.04 Å². The maximum atomic E-state index is 13.4. The average molecular weight is 483 g/mol. The zero-order valence-corrected chi connectivity index (χ0v) is 19.7. The molecular formula is C29H26N2O5. The van der Waals surface area contributed by atoms with Crippen LogP contribution in [0, 0.1) is 0 Å². The molecular weight excluding hydrogens is 456 g/mol. The lowest BCUT2D eigenvalue weighted by atomic mass is 9.97. The molecule has 0 aliphatic carbocycles. The Morgan fingerprint density at radius 3 is 2.22 bits per heavy atom. The highest BCUT2D eigenvalue weighted by Crippen LogP contribution is 2.27. The lowest BCUT2D eigenvalue weighted by molar-refractivity contribution is -0.119. The van der Waals surface area contributed by atoms with Crippen LogP contribution in [-0.2, 0) is 11.2 Å². The van der Waals surface area contributed by atoms with Crippen molar-refractivity contribution in [2.45, 2.75) is 25.5 Å². The number of carbonyl (C=O) groups excluding carboxylic acids is 1. The second-order valence-electron chi connectivity index (χ2n) is 8.50. The molecule has 0 saturated carbocycles. The third kappa shape index (κ3) is 5.59. The van der Waals surface area contributed by atoms with Crippen LogP contribution in [0.1, 0.15) is 40.6 Å². The fourth-order valence-corrected chi connectivity index (χ4v) is 4.12. The van der Waals surface area contributed by atoms with Crippen LogP contribution in [0.3, 0.4) is 0 Å². The van der Waals surface area contributed by atoms with E-state index in [2.05, 4.69) is 5.32 Å². The van der Waals surface area contributed by atoms with Gasteiger partial charge >= 0.3 is 5.97 Å². The number of hydrogen-bond acceptors (Lipinski definition) is 4. The number of hydrogen-bond donors (Lipinski definition) is 3. The Morgan fingerprint density at radius 2 is 1.58 bits per heavy atom. The molecule has 36 heavy (non-hydrogen) atoms.